The van der Waals surface area contributed by atoms with E-state index in [9.17, 15) is 18.4 Å². The second-order valence-electron chi connectivity index (χ2n) is 9.28. The molecule has 0 radical (unpaired) electrons. The van der Waals surface area contributed by atoms with E-state index in [-0.39, 0.29) is 35.6 Å². The Kier molecular flexibility index (Phi) is 9.44. The first kappa shape index (κ1) is 27.9. The maximum absolute atomic E-state index is 14.8. The minimum absolute atomic E-state index is 0.0361. The Labute approximate surface area is 215 Å². The number of halogens is 2. The molecule has 0 heterocycles. The fourth-order valence-corrected chi connectivity index (χ4v) is 4.01. The van der Waals surface area contributed by atoms with Gasteiger partial charge < -0.3 is 18.9 Å². The van der Waals surface area contributed by atoms with Crippen LogP contribution in [-0.4, -0.2) is 25.3 Å². The Morgan fingerprint density at radius 2 is 1.38 bits per heavy atom. The number of carbonyl (C=O) groups is 2. The van der Waals surface area contributed by atoms with Gasteiger partial charge in [0.1, 0.15) is 11.5 Å². The second-order valence-corrected chi connectivity index (χ2v) is 9.28. The van der Waals surface area contributed by atoms with Gasteiger partial charge in [-0.05, 0) is 93.3 Å². The number of hydrogen-bond donors (Lipinski definition) is 0. The molecule has 6 nitrogen and oxygen atoms in total. The maximum atomic E-state index is 14.8. The van der Waals surface area contributed by atoms with Crippen LogP contribution in [0, 0.1) is 5.92 Å². The molecular weight excluding hydrogens is 482 g/mol. The van der Waals surface area contributed by atoms with Gasteiger partial charge >= 0.3 is 18.0 Å². The lowest BCUT2D eigenvalue weighted by Crippen LogP contribution is -2.22. The maximum Gasteiger partial charge on any atom is 0.426 e. The van der Waals surface area contributed by atoms with Crippen molar-refractivity contribution in [3.05, 3.63) is 84.0 Å². The number of ether oxygens (including phenoxy) is 4. The molecule has 0 amide bonds. The van der Waals surface area contributed by atoms with Crippen LogP contribution in [0.1, 0.15) is 56.6 Å². The molecule has 1 aliphatic carbocycles. The van der Waals surface area contributed by atoms with Crippen molar-refractivity contribution in [1.82, 2.24) is 0 Å². The zero-order valence-electron chi connectivity index (χ0n) is 21.1. The van der Waals surface area contributed by atoms with Crippen LogP contribution in [0.5, 0.6) is 11.5 Å². The molecule has 2 aromatic rings. The summed E-state index contributed by atoms with van der Waals surface area (Å²) in [6.45, 7) is 10.2. The van der Waals surface area contributed by atoms with Crippen molar-refractivity contribution in [3.63, 3.8) is 0 Å². The summed E-state index contributed by atoms with van der Waals surface area (Å²) in [5.41, 5.74) is 1.39. The Bertz CT molecular complexity index is 1100. The van der Waals surface area contributed by atoms with Gasteiger partial charge in [-0.3, -0.25) is 0 Å². The van der Waals surface area contributed by atoms with E-state index in [1.165, 1.54) is 43.3 Å². The molecule has 198 valence electrons. The highest BCUT2D eigenvalue weighted by molar-refractivity contribution is 5.87. The third kappa shape index (κ3) is 8.17. The molecule has 3 rings (SSSR count). The van der Waals surface area contributed by atoms with E-state index in [4.69, 9.17) is 18.9 Å². The second kappa shape index (κ2) is 12.5. The molecule has 0 aromatic heterocycles. The molecule has 37 heavy (non-hydrogen) atoms. The highest BCUT2D eigenvalue weighted by atomic mass is 19.3. The van der Waals surface area contributed by atoms with Gasteiger partial charge in [0, 0.05) is 11.1 Å². The monoisotopic (exact) mass is 514 g/mol. The molecule has 0 aliphatic heterocycles. The lowest BCUT2D eigenvalue weighted by molar-refractivity contribution is -0.185. The summed E-state index contributed by atoms with van der Waals surface area (Å²) in [7, 11) is 0. The summed E-state index contributed by atoms with van der Waals surface area (Å²) >= 11 is 0. The number of carbonyl (C=O) groups excluding carboxylic acids is 2. The average molecular weight is 515 g/mol. The van der Waals surface area contributed by atoms with E-state index in [1.54, 1.807) is 19.1 Å². The minimum atomic E-state index is -3.53. The van der Waals surface area contributed by atoms with Gasteiger partial charge in [0.05, 0.1) is 12.2 Å². The number of esters is 2. The summed E-state index contributed by atoms with van der Waals surface area (Å²) < 4.78 is 49.8. The molecule has 0 saturated heterocycles. The molecule has 0 N–H and O–H groups in total. The summed E-state index contributed by atoms with van der Waals surface area (Å²) in [6, 6.07) is 11.8. The highest BCUT2D eigenvalue weighted by Crippen LogP contribution is 2.38. The van der Waals surface area contributed by atoms with Crippen molar-refractivity contribution < 1.29 is 37.3 Å². The lowest BCUT2D eigenvalue weighted by Gasteiger charge is -2.28. The van der Waals surface area contributed by atoms with Crippen molar-refractivity contribution in [2.75, 3.05) is 13.4 Å². The number of rotatable bonds is 11. The molecule has 0 unspecified atom stereocenters. The summed E-state index contributed by atoms with van der Waals surface area (Å²) in [6.07, 6.45) is 0.101. The normalized spacial score (nSPS) is 17.4. The summed E-state index contributed by atoms with van der Waals surface area (Å²) in [5, 5.41) is 0. The molecule has 1 fully saturated rings. The van der Waals surface area contributed by atoms with Crippen molar-refractivity contribution >= 4 is 11.9 Å². The Hall–Kier alpha value is -3.68. The number of benzene rings is 2. The van der Waals surface area contributed by atoms with Gasteiger partial charge in [-0.25, -0.2) is 9.59 Å². The molecule has 0 atom stereocenters. The fraction of sp³-hybridized carbons (Fsp3) is 0.379. The highest BCUT2D eigenvalue weighted by Gasteiger charge is 2.35. The molecular formula is C29H32F2O6. The van der Waals surface area contributed by atoms with Crippen molar-refractivity contribution in [3.8, 4) is 11.5 Å². The Balaban J connectivity index is 1.49. The van der Waals surface area contributed by atoms with E-state index in [0.717, 1.165) is 31.2 Å². The zero-order chi connectivity index (χ0) is 27.0. The van der Waals surface area contributed by atoms with Crippen LogP contribution in [0.4, 0.5) is 8.78 Å². The van der Waals surface area contributed by atoms with Gasteiger partial charge in [-0.15, -0.1) is 0 Å². The van der Waals surface area contributed by atoms with Crippen LogP contribution in [0.3, 0.4) is 0 Å². The topological polar surface area (TPSA) is 71.1 Å². The van der Waals surface area contributed by atoms with E-state index >= 15 is 0 Å². The standard InChI is InChI=1S/C29H32F2O6/c1-19(2)27(32)34-17-21-5-7-22(8-6-21)23-9-11-24(12-10-23)29(30,31)37-26-15-13-25(14-16-26)35-18-36-28(33)20(3)4/h9-16,21-22H,1,3,5-8,17-18H2,2,4H3. The first-order valence-corrected chi connectivity index (χ1v) is 12.1. The largest absolute Gasteiger partial charge is 0.462 e. The fourth-order valence-electron chi connectivity index (χ4n) is 4.01. The van der Waals surface area contributed by atoms with Crippen molar-refractivity contribution in [1.29, 1.82) is 0 Å². The van der Waals surface area contributed by atoms with E-state index < -0.39 is 12.1 Å². The van der Waals surface area contributed by atoms with Crippen molar-refractivity contribution in [2.24, 2.45) is 5.92 Å². The predicted octanol–water partition coefficient (Wildman–Crippen LogP) is 6.66. The van der Waals surface area contributed by atoms with Crippen LogP contribution in [-0.2, 0) is 25.2 Å². The first-order chi connectivity index (χ1) is 17.5. The van der Waals surface area contributed by atoms with Crippen molar-refractivity contribution in [2.45, 2.75) is 51.6 Å². The average Bonchev–Trinajstić information content (AvgIpc) is 2.88. The zero-order valence-corrected chi connectivity index (χ0v) is 21.1. The van der Waals surface area contributed by atoms with Gasteiger partial charge in [-0.1, -0.05) is 25.3 Å². The van der Waals surface area contributed by atoms with Gasteiger partial charge in [0.15, 0.2) is 0 Å². The molecule has 1 saturated carbocycles. The quantitative estimate of drug-likeness (QED) is 0.190. The van der Waals surface area contributed by atoms with E-state index in [0.29, 0.717) is 23.8 Å². The van der Waals surface area contributed by atoms with Crippen LogP contribution in [0.15, 0.2) is 72.8 Å². The number of hydrogen-bond acceptors (Lipinski definition) is 6. The Morgan fingerprint density at radius 3 is 1.95 bits per heavy atom. The summed E-state index contributed by atoms with van der Waals surface area (Å²) in [5.74, 6) is -0.0745. The van der Waals surface area contributed by atoms with Gasteiger partial charge in [0.2, 0.25) is 6.79 Å². The number of alkyl halides is 2. The van der Waals surface area contributed by atoms with Crippen LogP contribution >= 0.6 is 0 Å². The van der Waals surface area contributed by atoms with Gasteiger partial charge in [0.25, 0.3) is 0 Å². The molecule has 1 aliphatic rings. The summed E-state index contributed by atoms with van der Waals surface area (Å²) in [4.78, 5) is 22.9. The first-order valence-electron chi connectivity index (χ1n) is 12.1. The molecule has 2 aromatic carbocycles. The third-order valence-electron chi connectivity index (χ3n) is 6.20. The van der Waals surface area contributed by atoms with E-state index in [1.807, 2.05) is 0 Å². The van der Waals surface area contributed by atoms with E-state index in [2.05, 4.69) is 13.2 Å². The molecule has 0 spiro atoms. The van der Waals surface area contributed by atoms with Gasteiger partial charge in [-0.2, -0.15) is 8.78 Å². The molecule has 8 heteroatoms. The Morgan fingerprint density at radius 1 is 0.838 bits per heavy atom. The lowest BCUT2D eigenvalue weighted by atomic mass is 9.79. The third-order valence-corrected chi connectivity index (χ3v) is 6.20. The smallest absolute Gasteiger partial charge is 0.426 e. The van der Waals surface area contributed by atoms with Crippen LogP contribution in [0.25, 0.3) is 0 Å². The minimum Gasteiger partial charge on any atom is -0.462 e. The van der Waals surface area contributed by atoms with Crippen LogP contribution < -0.4 is 9.47 Å². The van der Waals surface area contributed by atoms with Crippen LogP contribution in [0.2, 0.25) is 0 Å². The SMILES string of the molecule is C=C(C)C(=O)OCOc1ccc(OC(F)(F)c2ccc(C3CCC(COC(=O)C(=C)C)CC3)cc2)cc1. The molecule has 0 bridgehead atoms. The predicted molar refractivity (Wildman–Crippen MR) is 134 cm³/mol.